The SMILES string of the molecule is COCCc1nc2nc(C(C)(C)C)nc(N3CCC(F)(F)C3)c2[nH]1. The van der Waals surface area contributed by atoms with E-state index in [9.17, 15) is 8.78 Å². The number of aromatic amines is 1. The predicted molar refractivity (Wildman–Crippen MR) is 87.7 cm³/mol. The number of hydrogen-bond acceptors (Lipinski definition) is 5. The van der Waals surface area contributed by atoms with Crippen molar-refractivity contribution in [2.45, 2.75) is 45.0 Å². The van der Waals surface area contributed by atoms with Crippen molar-refractivity contribution in [3.8, 4) is 0 Å². The lowest BCUT2D eigenvalue weighted by atomic mass is 9.96. The van der Waals surface area contributed by atoms with Gasteiger partial charge in [0.1, 0.15) is 17.2 Å². The van der Waals surface area contributed by atoms with Crippen LogP contribution in [0.2, 0.25) is 0 Å². The molecule has 0 unspecified atom stereocenters. The van der Waals surface area contributed by atoms with Crippen LogP contribution in [0.3, 0.4) is 0 Å². The molecule has 1 fully saturated rings. The highest BCUT2D eigenvalue weighted by atomic mass is 19.3. The van der Waals surface area contributed by atoms with E-state index in [4.69, 9.17) is 4.74 Å². The molecule has 3 heterocycles. The number of anilines is 1. The Morgan fingerprint density at radius 2 is 2.00 bits per heavy atom. The van der Waals surface area contributed by atoms with Gasteiger partial charge < -0.3 is 14.6 Å². The highest BCUT2D eigenvalue weighted by Crippen LogP contribution is 2.34. The number of fused-ring (bicyclic) bond motifs is 1. The van der Waals surface area contributed by atoms with Crippen LogP contribution in [-0.4, -0.2) is 52.7 Å². The number of aromatic nitrogens is 4. The van der Waals surface area contributed by atoms with Crippen LogP contribution in [-0.2, 0) is 16.6 Å². The third-order valence-corrected chi connectivity index (χ3v) is 4.06. The average molecular weight is 339 g/mol. The molecule has 1 N–H and O–H groups in total. The summed E-state index contributed by atoms with van der Waals surface area (Å²) in [5, 5.41) is 0. The zero-order chi connectivity index (χ0) is 17.5. The molecule has 1 aliphatic rings. The number of halogens is 2. The summed E-state index contributed by atoms with van der Waals surface area (Å²) in [6, 6.07) is 0. The summed E-state index contributed by atoms with van der Waals surface area (Å²) in [5.41, 5.74) is 0.842. The summed E-state index contributed by atoms with van der Waals surface area (Å²) < 4.78 is 32.4. The van der Waals surface area contributed by atoms with Gasteiger partial charge in [0.15, 0.2) is 11.5 Å². The number of methoxy groups -OCH3 is 1. The Hall–Kier alpha value is -1.83. The van der Waals surface area contributed by atoms with Crippen molar-refractivity contribution in [2.75, 3.05) is 31.7 Å². The van der Waals surface area contributed by atoms with Gasteiger partial charge in [-0.2, -0.15) is 0 Å². The number of H-pyrrole nitrogens is 1. The summed E-state index contributed by atoms with van der Waals surface area (Å²) in [6.07, 6.45) is 0.446. The van der Waals surface area contributed by atoms with E-state index in [1.165, 1.54) is 0 Å². The van der Waals surface area contributed by atoms with Crippen LogP contribution in [0.4, 0.5) is 14.6 Å². The third kappa shape index (κ3) is 3.33. The van der Waals surface area contributed by atoms with E-state index < -0.39 is 5.92 Å². The van der Waals surface area contributed by atoms with E-state index in [1.54, 1.807) is 12.0 Å². The van der Waals surface area contributed by atoms with Crippen molar-refractivity contribution in [1.29, 1.82) is 0 Å². The second-order valence-electron chi connectivity index (χ2n) is 7.27. The lowest BCUT2D eigenvalue weighted by molar-refractivity contribution is 0.0257. The number of rotatable bonds is 4. The molecule has 1 aliphatic heterocycles. The summed E-state index contributed by atoms with van der Waals surface area (Å²) in [5.74, 6) is -0.847. The van der Waals surface area contributed by atoms with Crippen molar-refractivity contribution in [3.05, 3.63) is 11.6 Å². The van der Waals surface area contributed by atoms with Crippen LogP contribution in [0.1, 0.15) is 38.8 Å². The van der Waals surface area contributed by atoms with E-state index in [2.05, 4.69) is 19.9 Å². The Morgan fingerprint density at radius 1 is 1.25 bits per heavy atom. The molecule has 0 amide bonds. The van der Waals surface area contributed by atoms with Crippen molar-refractivity contribution in [2.24, 2.45) is 0 Å². The molecule has 0 radical (unpaired) electrons. The Labute approximate surface area is 139 Å². The van der Waals surface area contributed by atoms with Crippen LogP contribution < -0.4 is 4.90 Å². The molecule has 2 aromatic heterocycles. The lowest BCUT2D eigenvalue weighted by Gasteiger charge is -2.22. The summed E-state index contributed by atoms with van der Waals surface area (Å²) in [4.78, 5) is 18.4. The van der Waals surface area contributed by atoms with Crippen molar-refractivity contribution >= 4 is 17.0 Å². The van der Waals surface area contributed by atoms with Crippen LogP contribution in [0, 0.1) is 0 Å². The maximum Gasteiger partial charge on any atom is 0.266 e. The standard InChI is InChI=1S/C16H23F2N5O/c1-15(2,3)14-21-12-11(19-10(20-12)5-8-24-4)13(22-14)23-7-6-16(17,18)9-23/h5-9H2,1-4H3,(H,19,20,21,22). The maximum atomic E-state index is 13.7. The summed E-state index contributed by atoms with van der Waals surface area (Å²) >= 11 is 0. The van der Waals surface area contributed by atoms with Gasteiger partial charge in [-0.05, 0) is 0 Å². The Kier molecular flexibility index (Phi) is 4.19. The summed E-state index contributed by atoms with van der Waals surface area (Å²) in [7, 11) is 1.62. The molecule has 0 saturated carbocycles. The summed E-state index contributed by atoms with van der Waals surface area (Å²) in [6.45, 7) is 6.46. The number of nitrogens with zero attached hydrogens (tertiary/aromatic N) is 4. The normalized spacial score (nSPS) is 17.8. The molecular formula is C16H23F2N5O. The van der Waals surface area contributed by atoms with Gasteiger partial charge in [-0.25, -0.2) is 23.7 Å². The minimum absolute atomic E-state index is 0.159. The van der Waals surface area contributed by atoms with Gasteiger partial charge in [0.05, 0.1) is 13.2 Å². The van der Waals surface area contributed by atoms with Gasteiger partial charge >= 0.3 is 0 Å². The minimum Gasteiger partial charge on any atom is -0.384 e. The maximum absolute atomic E-state index is 13.7. The molecule has 0 bridgehead atoms. The topological polar surface area (TPSA) is 66.9 Å². The first-order valence-electron chi connectivity index (χ1n) is 8.08. The Balaban J connectivity index is 2.08. The van der Waals surface area contributed by atoms with Gasteiger partial charge in [0.2, 0.25) is 0 Å². The second kappa shape index (κ2) is 5.91. The Bertz CT molecular complexity index is 738. The zero-order valence-electron chi connectivity index (χ0n) is 14.5. The fourth-order valence-corrected chi connectivity index (χ4v) is 2.73. The van der Waals surface area contributed by atoms with Crippen LogP contribution >= 0.6 is 0 Å². The number of ether oxygens (including phenoxy) is 1. The van der Waals surface area contributed by atoms with E-state index in [1.807, 2.05) is 20.8 Å². The van der Waals surface area contributed by atoms with E-state index in [0.29, 0.717) is 35.8 Å². The Morgan fingerprint density at radius 3 is 2.58 bits per heavy atom. The first-order chi connectivity index (χ1) is 11.2. The molecule has 8 heteroatoms. The van der Waals surface area contributed by atoms with Crippen molar-refractivity contribution < 1.29 is 13.5 Å². The zero-order valence-corrected chi connectivity index (χ0v) is 14.5. The van der Waals surface area contributed by atoms with Crippen LogP contribution in [0.15, 0.2) is 0 Å². The van der Waals surface area contributed by atoms with Crippen molar-refractivity contribution in [1.82, 2.24) is 19.9 Å². The molecule has 6 nitrogen and oxygen atoms in total. The fourth-order valence-electron chi connectivity index (χ4n) is 2.73. The van der Waals surface area contributed by atoms with Gasteiger partial charge in [0.25, 0.3) is 5.92 Å². The molecule has 24 heavy (non-hydrogen) atoms. The monoisotopic (exact) mass is 339 g/mol. The molecule has 132 valence electrons. The van der Waals surface area contributed by atoms with Gasteiger partial charge in [-0.15, -0.1) is 0 Å². The lowest BCUT2D eigenvalue weighted by Crippen LogP contribution is -2.27. The first-order valence-corrected chi connectivity index (χ1v) is 8.08. The molecule has 0 aliphatic carbocycles. The fraction of sp³-hybridized carbons (Fsp3) is 0.688. The van der Waals surface area contributed by atoms with E-state index >= 15 is 0 Å². The molecule has 0 atom stereocenters. The molecule has 0 aromatic carbocycles. The highest BCUT2D eigenvalue weighted by molar-refractivity contribution is 5.84. The van der Waals surface area contributed by atoms with Gasteiger partial charge in [0, 0.05) is 31.9 Å². The largest absolute Gasteiger partial charge is 0.384 e. The predicted octanol–water partition coefficient (Wildman–Crippen LogP) is 2.68. The van der Waals surface area contributed by atoms with E-state index in [-0.39, 0.29) is 24.9 Å². The smallest absolute Gasteiger partial charge is 0.266 e. The molecule has 1 saturated heterocycles. The minimum atomic E-state index is -2.68. The van der Waals surface area contributed by atoms with Gasteiger partial charge in [-0.3, -0.25) is 0 Å². The van der Waals surface area contributed by atoms with Crippen molar-refractivity contribution in [3.63, 3.8) is 0 Å². The van der Waals surface area contributed by atoms with Crippen LogP contribution in [0.25, 0.3) is 11.2 Å². The van der Waals surface area contributed by atoms with Gasteiger partial charge in [-0.1, -0.05) is 20.8 Å². The number of hydrogen-bond donors (Lipinski definition) is 1. The average Bonchev–Trinajstić information content (AvgIpc) is 3.05. The second-order valence-corrected chi connectivity index (χ2v) is 7.27. The van der Waals surface area contributed by atoms with E-state index in [0.717, 1.165) is 5.82 Å². The number of imidazole rings is 1. The number of nitrogens with one attached hydrogen (secondary N) is 1. The quantitative estimate of drug-likeness (QED) is 0.928. The molecule has 3 rings (SSSR count). The highest BCUT2D eigenvalue weighted by Gasteiger charge is 2.40. The number of alkyl halides is 2. The first kappa shape index (κ1) is 17.0. The van der Waals surface area contributed by atoms with Crippen LogP contribution in [0.5, 0.6) is 0 Å². The molecule has 0 spiro atoms. The molecule has 2 aromatic rings. The third-order valence-electron chi connectivity index (χ3n) is 4.06. The molecular weight excluding hydrogens is 316 g/mol.